The van der Waals surface area contributed by atoms with Crippen LogP contribution in [-0.4, -0.2) is 66.6 Å². The van der Waals surface area contributed by atoms with Crippen molar-refractivity contribution >= 4 is 44.3 Å². The Morgan fingerprint density at radius 2 is 2.00 bits per heavy atom. The first kappa shape index (κ1) is 29.2. The molecule has 5 rings (SSSR count). The maximum Gasteiger partial charge on any atom is 0.417 e. The molecule has 0 unspecified atom stereocenters. The summed E-state index contributed by atoms with van der Waals surface area (Å²) in [4.78, 5) is 39.8. The normalized spacial score (nSPS) is 17.8. The van der Waals surface area contributed by atoms with E-state index in [9.17, 15) is 22.8 Å². The molecule has 220 valence electrons. The molecule has 1 atom stereocenters. The van der Waals surface area contributed by atoms with Gasteiger partial charge in [0.25, 0.3) is 10.9 Å². The number of likely N-dealkylation sites (N-methyl/N-ethyl adjacent to an activating group) is 1. The van der Waals surface area contributed by atoms with Gasteiger partial charge >= 0.3 is 6.18 Å². The number of rotatable bonds is 5. The molecule has 2 aromatic heterocycles. The Labute approximate surface area is 240 Å². The van der Waals surface area contributed by atoms with Crippen LogP contribution in [0.1, 0.15) is 28.4 Å². The molecular formula is C27H24F5N7O2S. The lowest BCUT2D eigenvalue weighted by Crippen LogP contribution is -2.50. The van der Waals surface area contributed by atoms with Crippen LogP contribution in [0.3, 0.4) is 0 Å². The van der Waals surface area contributed by atoms with Crippen molar-refractivity contribution in [2.75, 3.05) is 54.9 Å². The number of carbonyl (C=O) groups excluding carboxylic acids is 1. The van der Waals surface area contributed by atoms with Crippen molar-refractivity contribution in [1.82, 2.24) is 14.9 Å². The number of hydrogen-bond donors (Lipinski definition) is 2. The van der Waals surface area contributed by atoms with E-state index in [2.05, 4.69) is 15.1 Å². The molecule has 2 N–H and O–H groups in total. The monoisotopic (exact) mass is 605 g/mol. The van der Waals surface area contributed by atoms with Crippen LogP contribution >= 0.6 is 11.3 Å². The number of thiazole rings is 1. The minimum Gasteiger partial charge on any atom is -0.367 e. The molecule has 2 aliphatic rings. The van der Waals surface area contributed by atoms with Crippen molar-refractivity contribution in [3.05, 3.63) is 80.7 Å². The first-order valence-corrected chi connectivity index (χ1v) is 13.5. The fourth-order valence-electron chi connectivity index (χ4n) is 4.95. The topological polar surface area (TPSA) is 88.9 Å². The Kier molecular flexibility index (Phi) is 7.78. The summed E-state index contributed by atoms with van der Waals surface area (Å²) in [5.74, 6) is -3.37. The number of amides is 1. The number of H-pyrrole nitrogens is 1. The van der Waals surface area contributed by atoms with Crippen LogP contribution in [0.5, 0.6) is 0 Å². The number of anilines is 3. The van der Waals surface area contributed by atoms with Crippen molar-refractivity contribution in [2.24, 2.45) is 0 Å². The van der Waals surface area contributed by atoms with E-state index in [-0.39, 0.29) is 36.5 Å². The number of carbonyl (C=O) groups is 1. The maximum atomic E-state index is 16.4. The third kappa shape index (κ3) is 5.59. The van der Waals surface area contributed by atoms with E-state index in [0.717, 1.165) is 17.4 Å². The van der Waals surface area contributed by atoms with E-state index in [4.69, 9.17) is 6.57 Å². The number of hydrogen-bond acceptors (Lipinski definition) is 7. The van der Waals surface area contributed by atoms with E-state index in [1.165, 1.54) is 6.20 Å². The fraction of sp³-hybridized carbons (Fsp3) is 0.333. The summed E-state index contributed by atoms with van der Waals surface area (Å²) in [6.07, 6.45) is -1.43. The van der Waals surface area contributed by atoms with Gasteiger partial charge in [-0.05, 0) is 19.5 Å². The summed E-state index contributed by atoms with van der Waals surface area (Å²) in [5, 5.41) is 3.10. The number of aromatic amines is 1. The highest BCUT2D eigenvalue weighted by Gasteiger charge is 2.37. The van der Waals surface area contributed by atoms with Crippen LogP contribution < -0.4 is 20.7 Å². The van der Waals surface area contributed by atoms with E-state index in [1.807, 2.05) is 23.9 Å². The van der Waals surface area contributed by atoms with Gasteiger partial charge < -0.3 is 25.0 Å². The summed E-state index contributed by atoms with van der Waals surface area (Å²) >= 11 is 1.13. The lowest BCUT2D eigenvalue weighted by atomic mass is 10.0. The second kappa shape index (κ2) is 11.2. The van der Waals surface area contributed by atoms with Gasteiger partial charge in [-0.25, -0.2) is 18.6 Å². The predicted octanol–water partition coefficient (Wildman–Crippen LogP) is 4.98. The lowest BCUT2D eigenvalue weighted by molar-refractivity contribution is -0.138. The lowest BCUT2D eigenvalue weighted by Gasteiger charge is -2.40. The minimum atomic E-state index is -5.04. The Balaban J connectivity index is 1.56. The Morgan fingerprint density at radius 3 is 2.67 bits per heavy atom. The van der Waals surface area contributed by atoms with Gasteiger partial charge in [-0.1, -0.05) is 6.08 Å². The number of pyridine rings is 1. The number of halogens is 5. The van der Waals surface area contributed by atoms with E-state index in [1.54, 1.807) is 15.9 Å². The van der Waals surface area contributed by atoms with E-state index in [0.29, 0.717) is 36.0 Å². The summed E-state index contributed by atoms with van der Waals surface area (Å²) < 4.78 is 73.1. The summed E-state index contributed by atoms with van der Waals surface area (Å²) in [5.41, 5.74) is -4.15. The average Bonchev–Trinajstić information content (AvgIpc) is 3.61. The molecule has 1 saturated heterocycles. The Hall–Kier alpha value is -4.29. The summed E-state index contributed by atoms with van der Waals surface area (Å²) in [6, 6.07) is 1.31. The highest BCUT2D eigenvalue weighted by Crippen LogP contribution is 2.40. The molecule has 4 heterocycles. The zero-order valence-electron chi connectivity index (χ0n) is 22.4. The SMILES string of the molecule is [C-]#[N+]c1cnc(N2CC=C(c3c(F)cc(N4CCN(C)[C@@H](C)C4)c(NC(=O)c4c[nH]c(=O)cc4C(F)(F)F)c3F)C2)s1. The van der Waals surface area contributed by atoms with Crippen LogP contribution in [0.2, 0.25) is 0 Å². The van der Waals surface area contributed by atoms with Crippen LogP contribution in [0.15, 0.2) is 35.4 Å². The summed E-state index contributed by atoms with van der Waals surface area (Å²) in [6.45, 7) is 10.6. The maximum absolute atomic E-state index is 16.4. The predicted molar refractivity (Wildman–Crippen MR) is 149 cm³/mol. The highest BCUT2D eigenvalue weighted by molar-refractivity contribution is 7.19. The van der Waals surface area contributed by atoms with Gasteiger partial charge in [-0.2, -0.15) is 13.2 Å². The van der Waals surface area contributed by atoms with Crippen molar-refractivity contribution < 1.29 is 26.7 Å². The number of alkyl halides is 3. The van der Waals surface area contributed by atoms with E-state index >= 15 is 8.78 Å². The third-order valence-corrected chi connectivity index (χ3v) is 8.27. The van der Waals surface area contributed by atoms with Crippen molar-refractivity contribution in [3.63, 3.8) is 0 Å². The van der Waals surface area contributed by atoms with Crippen molar-refractivity contribution in [2.45, 2.75) is 19.1 Å². The molecule has 0 bridgehead atoms. The first-order valence-electron chi connectivity index (χ1n) is 12.7. The molecule has 0 saturated carbocycles. The average molecular weight is 606 g/mol. The molecule has 3 aromatic rings. The smallest absolute Gasteiger partial charge is 0.367 e. The molecule has 2 aliphatic heterocycles. The molecule has 9 nitrogen and oxygen atoms in total. The third-order valence-electron chi connectivity index (χ3n) is 7.31. The highest BCUT2D eigenvalue weighted by atomic mass is 32.1. The number of nitrogens with one attached hydrogen (secondary N) is 2. The van der Waals surface area contributed by atoms with Gasteiger partial charge in [0.15, 0.2) is 10.9 Å². The number of piperazine rings is 1. The molecule has 42 heavy (non-hydrogen) atoms. The number of aromatic nitrogens is 2. The number of nitrogens with zero attached hydrogens (tertiary/aromatic N) is 5. The molecule has 1 amide bonds. The van der Waals surface area contributed by atoms with Crippen molar-refractivity contribution in [1.29, 1.82) is 0 Å². The molecule has 15 heteroatoms. The Bertz CT molecular complexity index is 1680. The zero-order valence-corrected chi connectivity index (χ0v) is 23.2. The molecular weight excluding hydrogens is 581 g/mol. The molecule has 1 aromatic carbocycles. The van der Waals surface area contributed by atoms with Gasteiger partial charge in [-0.3, -0.25) is 9.59 Å². The number of benzene rings is 1. The fourth-order valence-corrected chi connectivity index (χ4v) is 5.66. The van der Waals surface area contributed by atoms with Gasteiger partial charge in [0.1, 0.15) is 11.5 Å². The van der Waals surface area contributed by atoms with Crippen molar-refractivity contribution in [3.8, 4) is 0 Å². The van der Waals surface area contributed by atoms with Gasteiger partial charge in [-0.15, -0.1) is 11.3 Å². The second-order valence-corrected chi connectivity index (χ2v) is 11.0. The quantitative estimate of drug-likeness (QED) is 0.315. The molecule has 0 radical (unpaired) electrons. The molecule has 0 spiro atoms. The molecule has 0 aliphatic carbocycles. The minimum absolute atomic E-state index is 0.0166. The van der Waals surface area contributed by atoms with Crippen LogP contribution in [-0.2, 0) is 6.18 Å². The zero-order chi connectivity index (χ0) is 30.3. The standard InChI is InChI=1S/C27H24F5N7O2S/c1-14-12-38(7-6-37(14)3)19-9-18(28)22(15-4-5-39(13-15)26-35-11-21(33-2)42-26)23(29)24(19)36-25(41)16-10-34-20(40)8-17(16)27(30,31)32/h4,8-11,14H,5-7,12-13H2,1,3H3,(H,34,40)(H,36,41)/t14-/m0/s1. The van der Waals surface area contributed by atoms with Crippen LogP contribution in [0.25, 0.3) is 10.4 Å². The summed E-state index contributed by atoms with van der Waals surface area (Å²) in [7, 11) is 1.89. The van der Waals surface area contributed by atoms with Crippen LogP contribution in [0, 0.1) is 18.2 Å². The first-order chi connectivity index (χ1) is 19.9. The Morgan fingerprint density at radius 1 is 1.24 bits per heavy atom. The van der Waals surface area contributed by atoms with E-state index < -0.39 is 51.7 Å². The largest absolute Gasteiger partial charge is 0.417 e. The van der Waals surface area contributed by atoms with Gasteiger partial charge in [0.2, 0.25) is 5.56 Å². The van der Waals surface area contributed by atoms with Gasteiger partial charge in [0.05, 0.1) is 28.9 Å². The van der Waals surface area contributed by atoms with Crippen LogP contribution in [0.4, 0.5) is 43.5 Å². The second-order valence-electron chi connectivity index (χ2n) is 10.00. The van der Waals surface area contributed by atoms with Gasteiger partial charge in [0, 0.05) is 63.3 Å². The molecule has 1 fully saturated rings.